The molecule has 0 saturated heterocycles. The Hall–Kier alpha value is -3.39. The van der Waals surface area contributed by atoms with Gasteiger partial charge < -0.3 is 4.42 Å². The highest BCUT2D eigenvalue weighted by Crippen LogP contribution is 2.35. The van der Waals surface area contributed by atoms with Crippen LogP contribution in [0.4, 0.5) is 0 Å². The fourth-order valence-corrected chi connectivity index (χ4v) is 3.41. The topological polar surface area (TPSA) is 26.0 Å². The highest BCUT2D eigenvalue weighted by molar-refractivity contribution is 6.09. The second kappa shape index (κ2) is 6.40. The van der Waals surface area contributed by atoms with Gasteiger partial charge in [-0.25, -0.2) is 0 Å². The largest absolute Gasteiger partial charge is 0.455 e. The number of fused-ring (bicyclic) bond motifs is 3. The minimum absolute atomic E-state index is 0.569. The van der Waals surface area contributed by atoms with Gasteiger partial charge in [0.1, 0.15) is 11.2 Å². The summed E-state index contributed by atoms with van der Waals surface area (Å²) in [7, 11) is 0. The molecule has 130 valence electrons. The Balaban J connectivity index is 1.66. The zero-order chi connectivity index (χ0) is 20.0. The van der Waals surface area contributed by atoms with Crippen molar-refractivity contribution in [2.24, 2.45) is 0 Å². The van der Waals surface area contributed by atoms with Crippen LogP contribution in [0.3, 0.4) is 0 Å². The molecule has 27 heavy (non-hydrogen) atoms. The van der Waals surface area contributed by atoms with Crippen molar-refractivity contribution in [1.29, 1.82) is 0 Å². The van der Waals surface area contributed by atoms with Gasteiger partial charge in [-0.1, -0.05) is 60.2 Å². The number of aromatic nitrogens is 1. The van der Waals surface area contributed by atoms with Crippen molar-refractivity contribution in [3.05, 3.63) is 102 Å². The van der Waals surface area contributed by atoms with Gasteiger partial charge in [0, 0.05) is 25.3 Å². The summed E-state index contributed by atoms with van der Waals surface area (Å²) in [6.45, 7) is 2.00. The number of pyridine rings is 1. The second-order valence-electron chi connectivity index (χ2n) is 6.70. The molecule has 2 heterocycles. The van der Waals surface area contributed by atoms with Gasteiger partial charge in [0.15, 0.2) is 0 Å². The lowest BCUT2D eigenvalue weighted by Gasteiger charge is -2.06. The summed E-state index contributed by atoms with van der Waals surface area (Å²) in [5, 5.41) is 2.10. The van der Waals surface area contributed by atoms with Gasteiger partial charge in [-0.15, -0.1) is 0 Å². The molecule has 3 aromatic carbocycles. The fourth-order valence-electron chi connectivity index (χ4n) is 3.41. The molecule has 0 amide bonds. The molecule has 0 fully saturated rings. The molecule has 0 unspecified atom stereocenters. The van der Waals surface area contributed by atoms with E-state index >= 15 is 0 Å². The van der Waals surface area contributed by atoms with E-state index in [0.717, 1.165) is 33.1 Å². The van der Waals surface area contributed by atoms with Gasteiger partial charge in [0.05, 0.1) is 5.69 Å². The molecule has 2 nitrogen and oxygen atoms in total. The molecule has 0 aliphatic carbocycles. The number of benzene rings is 3. The minimum Gasteiger partial charge on any atom is -0.455 e. The van der Waals surface area contributed by atoms with Crippen molar-refractivity contribution < 1.29 is 7.16 Å². The van der Waals surface area contributed by atoms with Crippen LogP contribution >= 0.6 is 0 Å². The zero-order valence-electron chi connectivity index (χ0n) is 16.9. The smallest absolute Gasteiger partial charge is 0.144 e. The van der Waals surface area contributed by atoms with E-state index in [1.54, 1.807) is 12.3 Å². The van der Waals surface area contributed by atoms with Gasteiger partial charge in [0.2, 0.25) is 0 Å². The number of hydrogen-bond donors (Lipinski definition) is 0. The average molecular weight is 351 g/mol. The van der Waals surface area contributed by atoms with Crippen LogP contribution in [0.2, 0.25) is 0 Å². The van der Waals surface area contributed by atoms with Crippen LogP contribution in [-0.2, 0) is 6.37 Å². The van der Waals surface area contributed by atoms with Crippen LogP contribution in [0.5, 0.6) is 0 Å². The fraction of sp³-hybridized carbons (Fsp3) is 0.0800. The summed E-state index contributed by atoms with van der Waals surface area (Å²) < 4.78 is 23.5. The second-order valence-corrected chi connectivity index (χ2v) is 6.70. The highest BCUT2D eigenvalue weighted by Gasteiger charge is 2.12. The number of nitrogens with zero attached hydrogens (tertiary/aromatic N) is 1. The van der Waals surface area contributed by atoms with Crippen molar-refractivity contribution in [1.82, 2.24) is 4.98 Å². The molecule has 2 aromatic heterocycles. The monoisotopic (exact) mass is 351 g/mol. The first-order chi connectivity index (χ1) is 14.0. The molecule has 5 rings (SSSR count). The van der Waals surface area contributed by atoms with E-state index in [1.807, 2.05) is 79.7 Å². The quantitative estimate of drug-likeness (QED) is 0.368. The molecule has 0 radical (unpaired) electrons. The lowest BCUT2D eigenvalue weighted by atomic mass is 10.0. The van der Waals surface area contributed by atoms with Crippen molar-refractivity contribution in [3.63, 3.8) is 0 Å². The molecule has 0 bridgehead atoms. The van der Waals surface area contributed by atoms with Crippen molar-refractivity contribution in [2.75, 3.05) is 0 Å². The first-order valence-corrected chi connectivity index (χ1v) is 8.98. The molecule has 0 aliphatic heterocycles. The van der Waals surface area contributed by atoms with Gasteiger partial charge in [-0.3, -0.25) is 4.98 Å². The van der Waals surface area contributed by atoms with Crippen LogP contribution in [0.15, 0.2) is 89.5 Å². The van der Waals surface area contributed by atoms with E-state index in [4.69, 9.17) is 7.16 Å². The molecule has 0 atom stereocenters. The lowest BCUT2D eigenvalue weighted by molar-refractivity contribution is 0.670. The number of para-hydroxylation sites is 2. The third kappa shape index (κ3) is 2.89. The van der Waals surface area contributed by atoms with Crippen molar-refractivity contribution >= 4 is 21.9 Å². The molecular weight excluding hydrogens is 330 g/mol. The lowest BCUT2D eigenvalue weighted by Crippen LogP contribution is -1.91. The predicted octanol–water partition coefficient (Wildman–Crippen LogP) is 6.55. The van der Waals surface area contributed by atoms with Crippen LogP contribution in [0, 0.1) is 6.92 Å². The maximum Gasteiger partial charge on any atom is 0.144 e. The molecule has 0 aliphatic rings. The van der Waals surface area contributed by atoms with E-state index in [1.165, 1.54) is 0 Å². The normalized spacial score (nSPS) is 12.9. The molecule has 0 saturated carbocycles. The minimum atomic E-state index is -1.62. The number of aryl methyl sites for hydroxylation is 1. The summed E-state index contributed by atoms with van der Waals surface area (Å²) in [4.78, 5) is 4.52. The Morgan fingerprint density at radius 1 is 0.852 bits per heavy atom. The Morgan fingerprint density at radius 3 is 2.56 bits per heavy atom. The zero-order valence-corrected chi connectivity index (χ0v) is 14.9. The summed E-state index contributed by atoms with van der Waals surface area (Å²) in [5.41, 5.74) is 5.47. The van der Waals surface area contributed by atoms with E-state index in [0.29, 0.717) is 16.8 Å². The van der Waals surface area contributed by atoms with E-state index in [2.05, 4.69) is 4.98 Å². The van der Waals surface area contributed by atoms with Crippen molar-refractivity contribution in [2.45, 2.75) is 13.3 Å². The van der Waals surface area contributed by atoms with Crippen molar-refractivity contribution in [3.8, 4) is 11.3 Å². The first-order valence-electron chi connectivity index (χ1n) is 9.98. The van der Waals surface area contributed by atoms with Crippen LogP contribution in [0.1, 0.15) is 19.4 Å². The maximum absolute atomic E-state index is 8.70. The summed E-state index contributed by atoms with van der Waals surface area (Å²) in [5.74, 6) is 0. The Bertz CT molecular complexity index is 1340. The molecule has 5 aromatic rings. The van der Waals surface area contributed by atoms with Crippen LogP contribution in [0.25, 0.3) is 33.2 Å². The molecule has 0 N–H and O–H groups in total. The molecule has 2 heteroatoms. The maximum atomic E-state index is 8.70. The predicted molar refractivity (Wildman–Crippen MR) is 111 cm³/mol. The molecular formula is C25H19NO. The average Bonchev–Trinajstić information content (AvgIpc) is 3.13. The first kappa shape index (κ1) is 13.8. The Kier molecular flexibility index (Phi) is 3.26. The number of rotatable bonds is 3. The van der Waals surface area contributed by atoms with Gasteiger partial charge in [-0.2, -0.15) is 0 Å². The third-order valence-corrected chi connectivity index (χ3v) is 4.78. The number of furan rings is 1. The third-order valence-electron chi connectivity index (χ3n) is 4.78. The standard InChI is InChI=1S/C25H19NO/c1-17-9-11-18(12-10-17)15-19-13-14-26-23(16-19)22-7-4-6-21-20-5-2-3-8-24(20)27-25(21)22/h2-14,16H,15H2,1H3/i15D2. The SMILES string of the molecule is [2H]C([2H])(c1ccc(C)cc1)c1ccnc(-c2cccc3c2oc2ccccc23)c1. The van der Waals surface area contributed by atoms with Crippen LogP contribution in [-0.4, -0.2) is 4.98 Å². The Labute approximate surface area is 160 Å². The van der Waals surface area contributed by atoms with Crippen LogP contribution < -0.4 is 0 Å². The van der Waals surface area contributed by atoms with E-state index in [9.17, 15) is 0 Å². The highest BCUT2D eigenvalue weighted by atomic mass is 16.3. The summed E-state index contributed by atoms with van der Waals surface area (Å²) in [6, 6.07) is 25.1. The summed E-state index contributed by atoms with van der Waals surface area (Å²) >= 11 is 0. The number of hydrogen-bond acceptors (Lipinski definition) is 2. The van der Waals surface area contributed by atoms with Gasteiger partial charge in [0.25, 0.3) is 0 Å². The van der Waals surface area contributed by atoms with Gasteiger partial charge >= 0.3 is 0 Å². The molecule has 0 spiro atoms. The van der Waals surface area contributed by atoms with Gasteiger partial charge in [-0.05, 0) is 48.7 Å². The summed E-state index contributed by atoms with van der Waals surface area (Å²) in [6.07, 6.45) is 0.0470. The van der Waals surface area contributed by atoms with E-state index in [-0.39, 0.29) is 0 Å². The van der Waals surface area contributed by atoms with E-state index < -0.39 is 6.37 Å². The Morgan fingerprint density at radius 2 is 1.67 bits per heavy atom.